The summed E-state index contributed by atoms with van der Waals surface area (Å²) < 4.78 is 5.83. The fraction of sp³-hybridized carbons (Fsp3) is 0.571. The summed E-state index contributed by atoms with van der Waals surface area (Å²) >= 11 is 0. The third-order valence-electron chi connectivity index (χ3n) is 2.47. The van der Waals surface area contributed by atoms with Gasteiger partial charge in [0.2, 0.25) is 0 Å². The van der Waals surface area contributed by atoms with Crippen LogP contribution in [0.25, 0.3) is 0 Å². The SMILES string of the molecule is CCN[C@@H](C)c1ccccc1OCC(C)C. The van der Waals surface area contributed by atoms with Gasteiger partial charge in [-0.15, -0.1) is 0 Å². The highest BCUT2D eigenvalue weighted by Gasteiger charge is 2.10. The lowest BCUT2D eigenvalue weighted by Crippen LogP contribution is -2.19. The second-order valence-corrected chi connectivity index (χ2v) is 4.52. The van der Waals surface area contributed by atoms with Gasteiger partial charge in [-0.1, -0.05) is 39.0 Å². The molecule has 0 amide bonds. The molecule has 0 aromatic heterocycles. The second-order valence-electron chi connectivity index (χ2n) is 4.52. The first-order valence-corrected chi connectivity index (χ1v) is 6.10. The molecule has 0 fully saturated rings. The van der Waals surface area contributed by atoms with Crippen LogP contribution in [0.2, 0.25) is 0 Å². The Morgan fingerprint density at radius 3 is 2.50 bits per heavy atom. The van der Waals surface area contributed by atoms with Crippen molar-refractivity contribution in [1.29, 1.82) is 0 Å². The number of benzene rings is 1. The third-order valence-corrected chi connectivity index (χ3v) is 2.47. The van der Waals surface area contributed by atoms with E-state index in [1.54, 1.807) is 0 Å². The zero-order chi connectivity index (χ0) is 12.0. The van der Waals surface area contributed by atoms with Gasteiger partial charge in [0.1, 0.15) is 5.75 Å². The molecule has 0 bridgehead atoms. The van der Waals surface area contributed by atoms with Crippen molar-refractivity contribution in [3.05, 3.63) is 29.8 Å². The molecule has 1 rings (SSSR count). The van der Waals surface area contributed by atoms with E-state index in [4.69, 9.17) is 4.74 Å². The third kappa shape index (κ3) is 3.86. The number of nitrogens with one attached hydrogen (secondary N) is 1. The van der Waals surface area contributed by atoms with Crippen LogP contribution in [-0.2, 0) is 0 Å². The highest BCUT2D eigenvalue weighted by molar-refractivity contribution is 5.35. The number of hydrogen-bond acceptors (Lipinski definition) is 2. The minimum Gasteiger partial charge on any atom is -0.493 e. The second kappa shape index (κ2) is 6.54. The van der Waals surface area contributed by atoms with Crippen LogP contribution in [0.1, 0.15) is 39.3 Å². The van der Waals surface area contributed by atoms with Crippen LogP contribution in [0.5, 0.6) is 5.75 Å². The zero-order valence-electron chi connectivity index (χ0n) is 10.8. The standard InChI is InChI=1S/C14H23NO/c1-5-15-12(4)13-8-6-7-9-14(13)16-10-11(2)3/h6-9,11-12,15H,5,10H2,1-4H3/t12-/m0/s1. The predicted molar refractivity (Wildman–Crippen MR) is 68.9 cm³/mol. The Morgan fingerprint density at radius 1 is 1.19 bits per heavy atom. The van der Waals surface area contributed by atoms with Gasteiger partial charge in [0.05, 0.1) is 6.61 Å². The largest absolute Gasteiger partial charge is 0.493 e. The summed E-state index contributed by atoms with van der Waals surface area (Å²) in [6.07, 6.45) is 0. The van der Waals surface area contributed by atoms with Gasteiger partial charge in [-0.2, -0.15) is 0 Å². The molecule has 1 aromatic rings. The maximum absolute atomic E-state index is 5.83. The van der Waals surface area contributed by atoms with Gasteiger partial charge < -0.3 is 10.1 Å². The first kappa shape index (κ1) is 13.0. The number of rotatable bonds is 6. The summed E-state index contributed by atoms with van der Waals surface area (Å²) in [6.45, 7) is 10.4. The minimum absolute atomic E-state index is 0.341. The molecule has 2 nitrogen and oxygen atoms in total. The van der Waals surface area contributed by atoms with Gasteiger partial charge in [-0.3, -0.25) is 0 Å². The zero-order valence-corrected chi connectivity index (χ0v) is 10.8. The van der Waals surface area contributed by atoms with Crippen molar-refractivity contribution >= 4 is 0 Å². The molecule has 0 spiro atoms. The van der Waals surface area contributed by atoms with Crippen LogP contribution in [0, 0.1) is 5.92 Å². The molecule has 0 saturated carbocycles. The number of ether oxygens (including phenoxy) is 1. The fourth-order valence-corrected chi connectivity index (χ4v) is 1.64. The van der Waals surface area contributed by atoms with E-state index in [9.17, 15) is 0 Å². The summed E-state index contributed by atoms with van der Waals surface area (Å²) in [5, 5.41) is 3.41. The van der Waals surface area contributed by atoms with Crippen molar-refractivity contribution in [2.75, 3.05) is 13.2 Å². The highest BCUT2D eigenvalue weighted by atomic mass is 16.5. The minimum atomic E-state index is 0.341. The molecular weight excluding hydrogens is 198 g/mol. The van der Waals surface area contributed by atoms with Crippen molar-refractivity contribution in [3.8, 4) is 5.75 Å². The molecule has 16 heavy (non-hydrogen) atoms. The molecule has 90 valence electrons. The summed E-state index contributed by atoms with van der Waals surface area (Å²) in [6, 6.07) is 8.60. The molecule has 1 aromatic carbocycles. The van der Waals surface area contributed by atoms with Crippen molar-refractivity contribution in [2.24, 2.45) is 5.92 Å². The Balaban J connectivity index is 2.74. The van der Waals surface area contributed by atoms with Gasteiger partial charge in [0.15, 0.2) is 0 Å². The molecule has 1 atom stereocenters. The Hall–Kier alpha value is -1.02. The maximum atomic E-state index is 5.83. The Morgan fingerprint density at radius 2 is 1.88 bits per heavy atom. The van der Waals surface area contributed by atoms with Crippen molar-refractivity contribution in [3.63, 3.8) is 0 Å². The molecule has 0 aliphatic heterocycles. The van der Waals surface area contributed by atoms with E-state index in [-0.39, 0.29) is 0 Å². The van der Waals surface area contributed by atoms with Gasteiger partial charge in [-0.05, 0) is 25.5 Å². The van der Waals surface area contributed by atoms with E-state index in [2.05, 4.69) is 45.1 Å². The van der Waals surface area contributed by atoms with Gasteiger partial charge in [-0.25, -0.2) is 0 Å². The van der Waals surface area contributed by atoms with Crippen LogP contribution in [0.4, 0.5) is 0 Å². The summed E-state index contributed by atoms with van der Waals surface area (Å²) in [7, 11) is 0. The molecule has 0 saturated heterocycles. The number of hydrogen-bond donors (Lipinski definition) is 1. The topological polar surface area (TPSA) is 21.3 Å². The molecule has 0 radical (unpaired) electrons. The first-order valence-electron chi connectivity index (χ1n) is 6.10. The lowest BCUT2D eigenvalue weighted by atomic mass is 10.1. The van der Waals surface area contributed by atoms with E-state index in [1.807, 2.05) is 12.1 Å². The van der Waals surface area contributed by atoms with E-state index in [0.29, 0.717) is 12.0 Å². The monoisotopic (exact) mass is 221 g/mol. The normalized spacial score (nSPS) is 12.8. The molecule has 2 heteroatoms. The van der Waals surface area contributed by atoms with Gasteiger partial charge in [0, 0.05) is 11.6 Å². The van der Waals surface area contributed by atoms with Crippen LogP contribution in [-0.4, -0.2) is 13.2 Å². The van der Waals surface area contributed by atoms with Gasteiger partial charge in [0.25, 0.3) is 0 Å². The molecular formula is C14H23NO. The fourth-order valence-electron chi connectivity index (χ4n) is 1.64. The van der Waals surface area contributed by atoms with E-state index >= 15 is 0 Å². The summed E-state index contributed by atoms with van der Waals surface area (Å²) in [5.74, 6) is 1.56. The quantitative estimate of drug-likeness (QED) is 0.795. The molecule has 0 heterocycles. The lowest BCUT2D eigenvalue weighted by molar-refractivity contribution is 0.266. The summed E-state index contributed by atoms with van der Waals surface area (Å²) in [5.41, 5.74) is 1.24. The van der Waals surface area contributed by atoms with Crippen molar-refractivity contribution in [1.82, 2.24) is 5.32 Å². The lowest BCUT2D eigenvalue weighted by Gasteiger charge is -2.18. The van der Waals surface area contributed by atoms with Crippen LogP contribution in [0.3, 0.4) is 0 Å². The van der Waals surface area contributed by atoms with Crippen molar-refractivity contribution in [2.45, 2.75) is 33.7 Å². The number of para-hydroxylation sites is 1. The molecule has 1 N–H and O–H groups in total. The molecule has 0 unspecified atom stereocenters. The average Bonchev–Trinajstić information content (AvgIpc) is 2.27. The maximum Gasteiger partial charge on any atom is 0.124 e. The van der Waals surface area contributed by atoms with Crippen LogP contribution in [0.15, 0.2) is 24.3 Å². The van der Waals surface area contributed by atoms with Crippen molar-refractivity contribution < 1.29 is 4.74 Å². The van der Waals surface area contributed by atoms with E-state index in [1.165, 1.54) is 5.56 Å². The van der Waals surface area contributed by atoms with Gasteiger partial charge >= 0.3 is 0 Å². The van der Waals surface area contributed by atoms with Crippen LogP contribution < -0.4 is 10.1 Å². The van der Waals surface area contributed by atoms with Crippen LogP contribution >= 0.6 is 0 Å². The first-order chi connectivity index (χ1) is 7.65. The Labute approximate surface area is 99.0 Å². The van der Waals surface area contributed by atoms with E-state index in [0.717, 1.165) is 18.9 Å². The average molecular weight is 221 g/mol. The molecule has 0 aliphatic carbocycles. The smallest absolute Gasteiger partial charge is 0.124 e. The predicted octanol–water partition coefficient (Wildman–Crippen LogP) is 3.39. The molecule has 0 aliphatic rings. The Kier molecular flexibility index (Phi) is 5.33. The Bertz CT molecular complexity index is 309. The summed E-state index contributed by atoms with van der Waals surface area (Å²) in [4.78, 5) is 0. The van der Waals surface area contributed by atoms with E-state index < -0.39 is 0 Å². The highest BCUT2D eigenvalue weighted by Crippen LogP contribution is 2.24.